The van der Waals surface area contributed by atoms with Crippen LogP contribution in [0.15, 0.2) is 72.8 Å². The van der Waals surface area contributed by atoms with Crippen molar-refractivity contribution in [3.63, 3.8) is 0 Å². The van der Waals surface area contributed by atoms with Gasteiger partial charge in [0.1, 0.15) is 6.04 Å². The smallest absolute Gasteiger partial charge is 0.242 e. The van der Waals surface area contributed by atoms with Gasteiger partial charge >= 0.3 is 0 Å². The molecule has 1 N–H and O–H groups in total. The van der Waals surface area contributed by atoms with Crippen LogP contribution in [-0.4, -0.2) is 51.0 Å². The maximum Gasteiger partial charge on any atom is 0.242 e. The second-order valence-electron chi connectivity index (χ2n) is 9.75. The van der Waals surface area contributed by atoms with Crippen LogP contribution in [0.3, 0.4) is 0 Å². The number of sulfonamides is 1. The SMILES string of the molecule is CNC(=O)C(Cc1ccccc1)N(Cc1ccc(Cl)cc1)C(=O)CCCN(c1cc(C)cc(C)c1)S(C)(=O)=O. The van der Waals surface area contributed by atoms with E-state index in [4.69, 9.17) is 11.6 Å². The number of likely N-dealkylation sites (N-methyl/N-ethyl adjacent to an activating group) is 1. The molecular formula is C30H36ClN3O4S. The van der Waals surface area contributed by atoms with Crippen LogP contribution in [0, 0.1) is 13.8 Å². The summed E-state index contributed by atoms with van der Waals surface area (Å²) in [4.78, 5) is 28.3. The highest BCUT2D eigenvalue weighted by atomic mass is 35.5. The third kappa shape index (κ3) is 8.83. The van der Waals surface area contributed by atoms with Gasteiger partial charge in [-0.3, -0.25) is 13.9 Å². The first-order valence-corrected chi connectivity index (χ1v) is 15.1. The minimum atomic E-state index is -3.56. The van der Waals surface area contributed by atoms with Crippen molar-refractivity contribution in [1.29, 1.82) is 0 Å². The monoisotopic (exact) mass is 569 g/mol. The Morgan fingerprint density at radius 3 is 2.10 bits per heavy atom. The predicted molar refractivity (Wildman–Crippen MR) is 157 cm³/mol. The number of hydrogen-bond donors (Lipinski definition) is 1. The maximum absolute atomic E-state index is 13.7. The van der Waals surface area contributed by atoms with E-state index in [2.05, 4.69) is 5.32 Å². The lowest BCUT2D eigenvalue weighted by Gasteiger charge is -2.31. The Morgan fingerprint density at radius 2 is 1.54 bits per heavy atom. The van der Waals surface area contributed by atoms with Crippen LogP contribution in [0.1, 0.15) is 35.1 Å². The largest absolute Gasteiger partial charge is 0.357 e. The highest BCUT2D eigenvalue weighted by molar-refractivity contribution is 7.92. The number of aryl methyl sites for hydroxylation is 2. The molecule has 0 aliphatic carbocycles. The van der Waals surface area contributed by atoms with E-state index in [1.165, 1.54) is 10.6 Å². The zero-order valence-corrected chi connectivity index (χ0v) is 24.4. The van der Waals surface area contributed by atoms with Crippen LogP contribution in [0.25, 0.3) is 0 Å². The first-order valence-electron chi connectivity index (χ1n) is 12.8. The van der Waals surface area contributed by atoms with Crippen molar-refractivity contribution in [2.24, 2.45) is 0 Å². The Kier molecular flexibility index (Phi) is 10.5. The molecule has 0 aromatic heterocycles. The molecule has 9 heteroatoms. The third-order valence-corrected chi connectivity index (χ3v) is 7.88. The molecule has 39 heavy (non-hydrogen) atoms. The highest BCUT2D eigenvalue weighted by Gasteiger charge is 2.30. The van der Waals surface area contributed by atoms with Gasteiger partial charge in [-0.05, 0) is 66.8 Å². The summed E-state index contributed by atoms with van der Waals surface area (Å²) >= 11 is 6.06. The Balaban J connectivity index is 1.85. The number of rotatable bonds is 12. The van der Waals surface area contributed by atoms with Gasteiger partial charge in [-0.25, -0.2) is 8.42 Å². The number of nitrogens with zero attached hydrogens (tertiary/aromatic N) is 2. The standard InChI is InChI=1S/C30H36ClN3O4S/c1-22-17-23(2)19-27(18-22)34(39(4,37)38)16-8-11-29(35)33(21-25-12-14-26(31)15-13-25)28(30(36)32-3)20-24-9-6-5-7-10-24/h5-7,9-10,12-15,17-19,28H,8,11,16,20-21H2,1-4H3,(H,32,36). The van der Waals surface area contributed by atoms with Gasteiger partial charge < -0.3 is 10.2 Å². The van der Waals surface area contributed by atoms with Crippen LogP contribution in [0.2, 0.25) is 5.02 Å². The molecule has 0 fully saturated rings. The molecule has 0 aliphatic heterocycles. The molecular weight excluding hydrogens is 534 g/mol. The summed E-state index contributed by atoms with van der Waals surface area (Å²) in [7, 11) is -2.01. The average Bonchev–Trinajstić information content (AvgIpc) is 2.88. The van der Waals surface area contributed by atoms with Crippen molar-refractivity contribution in [2.75, 3.05) is 24.2 Å². The van der Waals surface area contributed by atoms with E-state index < -0.39 is 16.1 Å². The van der Waals surface area contributed by atoms with Gasteiger partial charge in [-0.1, -0.05) is 60.1 Å². The molecule has 0 saturated carbocycles. The number of benzene rings is 3. The highest BCUT2D eigenvalue weighted by Crippen LogP contribution is 2.23. The van der Waals surface area contributed by atoms with E-state index in [0.717, 1.165) is 22.3 Å². The van der Waals surface area contributed by atoms with Gasteiger partial charge in [-0.2, -0.15) is 0 Å². The van der Waals surface area contributed by atoms with Gasteiger partial charge in [0, 0.05) is 38.0 Å². The first-order chi connectivity index (χ1) is 18.5. The summed E-state index contributed by atoms with van der Waals surface area (Å²) in [6, 6.07) is 21.6. The van der Waals surface area contributed by atoms with Gasteiger partial charge in [-0.15, -0.1) is 0 Å². The molecule has 3 aromatic carbocycles. The average molecular weight is 570 g/mol. The molecule has 1 unspecified atom stereocenters. The second-order valence-corrected chi connectivity index (χ2v) is 12.1. The maximum atomic E-state index is 13.7. The summed E-state index contributed by atoms with van der Waals surface area (Å²) < 4.78 is 26.6. The van der Waals surface area contributed by atoms with E-state index in [0.29, 0.717) is 23.6 Å². The van der Waals surface area contributed by atoms with Crippen LogP contribution in [0.4, 0.5) is 5.69 Å². The zero-order valence-electron chi connectivity index (χ0n) is 22.9. The molecule has 0 radical (unpaired) electrons. The van der Waals surface area contributed by atoms with Gasteiger partial charge in [0.25, 0.3) is 0 Å². The second kappa shape index (κ2) is 13.6. The van der Waals surface area contributed by atoms with Crippen LogP contribution in [0.5, 0.6) is 0 Å². The topological polar surface area (TPSA) is 86.8 Å². The lowest BCUT2D eigenvalue weighted by atomic mass is 10.0. The summed E-state index contributed by atoms with van der Waals surface area (Å²) in [6.45, 7) is 4.20. The van der Waals surface area contributed by atoms with E-state index in [1.54, 1.807) is 24.1 Å². The molecule has 3 aromatic rings. The van der Waals surface area contributed by atoms with Crippen molar-refractivity contribution >= 4 is 39.1 Å². The van der Waals surface area contributed by atoms with Crippen molar-refractivity contribution in [2.45, 2.75) is 45.7 Å². The molecule has 0 spiro atoms. The van der Waals surface area contributed by atoms with E-state index >= 15 is 0 Å². The van der Waals surface area contributed by atoms with Crippen molar-refractivity contribution in [1.82, 2.24) is 10.2 Å². The van der Waals surface area contributed by atoms with E-state index in [9.17, 15) is 18.0 Å². The Bertz CT molecular complexity index is 1360. The molecule has 1 atom stereocenters. The van der Waals surface area contributed by atoms with E-state index in [-0.39, 0.29) is 31.3 Å². The summed E-state index contributed by atoms with van der Waals surface area (Å²) in [6.07, 6.45) is 1.88. The van der Waals surface area contributed by atoms with Crippen molar-refractivity contribution in [3.05, 3.63) is 100 Å². The van der Waals surface area contributed by atoms with Crippen molar-refractivity contribution < 1.29 is 18.0 Å². The quantitative estimate of drug-likeness (QED) is 0.336. The lowest BCUT2D eigenvalue weighted by molar-refractivity contribution is -0.141. The van der Waals surface area contributed by atoms with Crippen LogP contribution < -0.4 is 9.62 Å². The number of hydrogen-bond acceptors (Lipinski definition) is 4. The van der Waals surface area contributed by atoms with Crippen LogP contribution in [-0.2, 0) is 32.6 Å². The number of anilines is 1. The fourth-order valence-electron chi connectivity index (χ4n) is 4.61. The third-order valence-electron chi connectivity index (χ3n) is 6.43. The summed E-state index contributed by atoms with van der Waals surface area (Å²) in [5.74, 6) is -0.502. The molecule has 0 bridgehead atoms. The molecule has 208 valence electrons. The number of nitrogens with one attached hydrogen (secondary N) is 1. The van der Waals surface area contributed by atoms with Crippen LogP contribution >= 0.6 is 11.6 Å². The Labute approximate surface area is 236 Å². The van der Waals surface area contributed by atoms with Gasteiger partial charge in [0.05, 0.1) is 11.9 Å². The minimum Gasteiger partial charge on any atom is -0.357 e. The molecule has 3 rings (SSSR count). The number of carbonyl (C=O) groups excluding carboxylic acids is 2. The van der Waals surface area contributed by atoms with Crippen molar-refractivity contribution in [3.8, 4) is 0 Å². The lowest BCUT2D eigenvalue weighted by Crippen LogP contribution is -2.49. The normalized spacial score (nSPS) is 12.0. The summed E-state index contributed by atoms with van der Waals surface area (Å²) in [5, 5.41) is 3.28. The van der Waals surface area contributed by atoms with E-state index in [1.807, 2.05) is 74.5 Å². The number of halogens is 1. The predicted octanol–water partition coefficient (Wildman–Crippen LogP) is 4.89. The fourth-order valence-corrected chi connectivity index (χ4v) is 5.68. The Hall–Kier alpha value is -3.36. The van der Waals surface area contributed by atoms with Gasteiger partial charge in [0.2, 0.25) is 21.8 Å². The zero-order chi connectivity index (χ0) is 28.6. The molecule has 0 heterocycles. The minimum absolute atomic E-state index is 0.0761. The fraction of sp³-hybridized carbons (Fsp3) is 0.333. The molecule has 0 aliphatic rings. The molecule has 7 nitrogen and oxygen atoms in total. The Morgan fingerprint density at radius 1 is 0.923 bits per heavy atom. The molecule has 2 amide bonds. The number of amides is 2. The number of carbonyl (C=O) groups is 2. The molecule has 0 saturated heterocycles. The first kappa shape index (κ1) is 30.2. The van der Waals surface area contributed by atoms with Gasteiger partial charge in [0.15, 0.2) is 0 Å². The summed E-state index contributed by atoms with van der Waals surface area (Å²) in [5.41, 5.74) is 4.25.